The average molecular weight is 371 g/mol. The first kappa shape index (κ1) is 19.9. The molecule has 0 saturated heterocycles. The highest BCUT2D eigenvalue weighted by Gasteiger charge is 2.10. The van der Waals surface area contributed by atoms with Crippen molar-refractivity contribution >= 4 is 35.6 Å². The molecule has 130 valence electrons. The highest BCUT2D eigenvalue weighted by atomic mass is 35.5. The zero-order chi connectivity index (χ0) is 16.7. The maximum atomic E-state index is 12.0. The second-order valence-corrected chi connectivity index (χ2v) is 5.52. The van der Waals surface area contributed by atoms with E-state index in [4.69, 9.17) is 10.5 Å². The third-order valence-corrected chi connectivity index (χ3v) is 3.86. The van der Waals surface area contributed by atoms with Gasteiger partial charge in [-0.3, -0.25) is 9.59 Å². The van der Waals surface area contributed by atoms with Crippen LogP contribution >= 0.6 is 23.7 Å². The Morgan fingerprint density at radius 1 is 1.25 bits per heavy atom. The molecule has 0 saturated carbocycles. The lowest BCUT2D eigenvalue weighted by atomic mass is 10.2. The molecule has 2 amide bonds. The summed E-state index contributed by atoms with van der Waals surface area (Å²) in [5.74, 6) is 0.110. The largest absolute Gasteiger partial charge is 0.497 e. The van der Waals surface area contributed by atoms with Gasteiger partial charge in [0.2, 0.25) is 0 Å². The number of nitrogens with zero attached hydrogens (tertiary/aromatic N) is 1. The molecule has 0 spiro atoms. The summed E-state index contributed by atoms with van der Waals surface area (Å²) in [5.41, 5.74) is 6.30. The van der Waals surface area contributed by atoms with Crippen molar-refractivity contribution in [3.63, 3.8) is 0 Å². The fourth-order valence-electron chi connectivity index (χ4n) is 1.82. The Hall–Kier alpha value is -2.16. The van der Waals surface area contributed by atoms with Crippen molar-refractivity contribution < 1.29 is 14.3 Å². The van der Waals surface area contributed by atoms with Gasteiger partial charge in [-0.15, -0.1) is 23.7 Å². The molecule has 4 N–H and O–H groups in total. The number of carbonyl (C=O) groups excluding carboxylic acids is 2. The predicted octanol–water partition coefficient (Wildman–Crippen LogP) is 1.19. The van der Waals surface area contributed by atoms with Crippen LogP contribution in [0.5, 0.6) is 5.75 Å². The molecule has 1 aromatic carbocycles. The Bertz CT molecular complexity index is 693. The number of carbonyl (C=O) groups is 2. The quantitative estimate of drug-likeness (QED) is 0.635. The van der Waals surface area contributed by atoms with Crippen molar-refractivity contribution in [2.75, 3.05) is 20.2 Å². The molecule has 9 heteroatoms. The molecule has 0 aliphatic carbocycles. The molecule has 0 aliphatic rings. The minimum atomic E-state index is -0.281. The number of benzene rings is 1. The fourth-order valence-corrected chi connectivity index (χ4v) is 2.47. The van der Waals surface area contributed by atoms with Crippen molar-refractivity contribution in [3.8, 4) is 5.75 Å². The molecule has 0 radical (unpaired) electrons. The van der Waals surface area contributed by atoms with Gasteiger partial charge in [0, 0.05) is 30.6 Å². The van der Waals surface area contributed by atoms with Crippen LogP contribution in [-0.2, 0) is 6.54 Å². The van der Waals surface area contributed by atoms with Crippen LogP contribution in [0.4, 0.5) is 0 Å². The number of rotatable bonds is 7. The zero-order valence-electron chi connectivity index (χ0n) is 13.1. The van der Waals surface area contributed by atoms with Crippen LogP contribution in [0.25, 0.3) is 0 Å². The van der Waals surface area contributed by atoms with E-state index in [0.29, 0.717) is 41.6 Å². The van der Waals surface area contributed by atoms with Crippen molar-refractivity contribution in [2.45, 2.75) is 6.54 Å². The number of amides is 2. The summed E-state index contributed by atoms with van der Waals surface area (Å²) in [6.45, 7) is 0.939. The second kappa shape index (κ2) is 9.86. The van der Waals surface area contributed by atoms with Crippen LogP contribution in [0.1, 0.15) is 25.9 Å². The number of hydrogen-bond donors (Lipinski definition) is 3. The van der Waals surface area contributed by atoms with E-state index in [1.54, 1.807) is 36.8 Å². The van der Waals surface area contributed by atoms with Crippen LogP contribution < -0.4 is 21.1 Å². The normalized spacial score (nSPS) is 9.75. The van der Waals surface area contributed by atoms with Gasteiger partial charge in [0.15, 0.2) is 0 Å². The van der Waals surface area contributed by atoms with Gasteiger partial charge in [0.25, 0.3) is 11.8 Å². The van der Waals surface area contributed by atoms with E-state index in [-0.39, 0.29) is 24.2 Å². The Labute approximate surface area is 150 Å². The van der Waals surface area contributed by atoms with Crippen molar-refractivity contribution in [1.29, 1.82) is 0 Å². The van der Waals surface area contributed by atoms with E-state index in [2.05, 4.69) is 15.6 Å². The summed E-state index contributed by atoms with van der Waals surface area (Å²) >= 11 is 1.34. The minimum Gasteiger partial charge on any atom is -0.497 e. The first-order valence-corrected chi connectivity index (χ1v) is 7.87. The lowest BCUT2D eigenvalue weighted by molar-refractivity contribution is 0.0925. The van der Waals surface area contributed by atoms with Crippen LogP contribution in [-0.4, -0.2) is 37.0 Å². The third kappa shape index (κ3) is 5.48. The molecule has 0 aliphatic heterocycles. The maximum Gasteiger partial charge on any atom is 0.270 e. The number of aromatic nitrogens is 1. The number of thiazole rings is 1. The first-order valence-electron chi connectivity index (χ1n) is 6.99. The summed E-state index contributed by atoms with van der Waals surface area (Å²) in [7, 11) is 1.54. The van der Waals surface area contributed by atoms with Gasteiger partial charge in [-0.2, -0.15) is 0 Å². The average Bonchev–Trinajstić information content (AvgIpc) is 3.07. The van der Waals surface area contributed by atoms with Crippen LogP contribution in [0.15, 0.2) is 29.6 Å². The van der Waals surface area contributed by atoms with E-state index in [9.17, 15) is 9.59 Å². The molecule has 1 aromatic heterocycles. The van der Waals surface area contributed by atoms with E-state index in [1.807, 2.05) is 0 Å². The van der Waals surface area contributed by atoms with E-state index in [0.717, 1.165) is 0 Å². The van der Waals surface area contributed by atoms with E-state index >= 15 is 0 Å². The summed E-state index contributed by atoms with van der Waals surface area (Å²) in [6, 6.07) is 6.85. The van der Waals surface area contributed by atoms with Crippen LogP contribution in [0.2, 0.25) is 0 Å². The minimum absolute atomic E-state index is 0. The lowest BCUT2D eigenvalue weighted by Crippen LogP contribution is -2.34. The fraction of sp³-hybridized carbons (Fsp3) is 0.267. The Morgan fingerprint density at radius 3 is 2.58 bits per heavy atom. The molecule has 0 atom stereocenters. The number of halogens is 1. The van der Waals surface area contributed by atoms with Gasteiger partial charge >= 0.3 is 0 Å². The smallest absolute Gasteiger partial charge is 0.270 e. The molecule has 7 nitrogen and oxygen atoms in total. The zero-order valence-corrected chi connectivity index (χ0v) is 14.7. The maximum absolute atomic E-state index is 12.0. The SMILES string of the molecule is COc1cccc(C(=O)NCCNC(=O)c2csc(CN)n2)c1.Cl. The highest BCUT2D eigenvalue weighted by molar-refractivity contribution is 7.09. The molecule has 2 aromatic rings. The van der Waals surface area contributed by atoms with Crippen molar-refractivity contribution in [1.82, 2.24) is 15.6 Å². The lowest BCUT2D eigenvalue weighted by Gasteiger charge is -2.07. The van der Waals surface area contributed by atoms with Crippen LogP contribution in [0, 0.1) is 0 Å². The number of hydrogen-bond acceptors (Lipinski definition) is 6. The van der Waals surface area contributed by atoms with Gasteiger partial charge in [0.05, 0.1) is 7.11 Å². The summed E-state index contributed by atoms with van der Waals surface area (Å²) in [6.07, 6.45) is 0. The third-order valence-electron chi connectivity index (χ3n) is 2.99. The number of nitrogens with two attached hydrogens (primary N) is 1. The topological polar surface area (TPSA) is 106 Å². The van der Waals surface area contributed by atoms with Crippen LogP contribution in [0.3, 0.4) is 0 Å². The molecule has 2 rings (SSSR count). The molecule has 0 bridgehead atoms. The summed E-state index contributed by atoms with van der Waals surface area (Å²) in [4.78, 5) is 27.9. The van der Waals surface area contributed by atoms with Crippen molar-refractivity contribution in [3.05, 3.63) is 45.9 Å². The van der Waals surface area contributed by atoms with Gasteiger partial charge in [-0.05, 0) is 18.2 Å². The van der Waals surface area contributed by atoms with E-state index < -0.39 is 0 Å². The molecular formula is C15H19ClN4O3S. The number of ether oxygens (including phenoxy) is 1. The second-order valence-electron chi connectivity index (χ2n) is 4.57. The first-order chi connectivity index (χ1) is 11.1. The molecular weight excluding hydrogens is 352 g/mol. The number of nitrogens with one attached hydrogen (secondary N) is 2. The summed E-state index contributed by atoms with van der Waals surface area (Å²) < 4.78 is 5.07. The molecule has 24 heavy (non-hydrogen) atoms. The monoisotopic (exact) mass is 370 g/mol. The molecule has 1 heterocycles. The molecule has 0 fully saturated rings. The highest BCUT2D eigenvalue weighted by Crippen LogP contribution is 2.12. The number of methoxy groups -OCH3 is 1. The van der Waals surface area contributed by atoms with Gasteiger partial charge in [-0.1, -0.05) is 6.07 Å². The predicted molar refractivity (Wildman–Crippen MR) is 94.9 cm³/mol. The Morgan fingerprint density at radius 2 is 1.96 bits per heavy atom. The van der Waals surface area contributed by atoms with Gasteiger partial charge in [-0.25, -0.2) is 4.98 Å². The standard InChI is InChI=1S/C15H18N4O3S.ClH/c1-22-11-4-2-3-10(7-11)14(20)17-5-6-18-15(21)12-9-23-13(8-16)19-12;/h2-4,7,9H,5-6,8,16H2,1H3,(H,17,20)(H,18,21);1H. The van der Waals surface area contributed by atoms with Gasteiger partial charge < -0.3 is 21.1 Å². The molecule has 0 unspecified atom stereocenters. The Kier molecular flexibility index (Phi) is 8.17. The van der Waals surface area contributed by atoms with Crippen molar-refractivity contribution in [2.24, 2.45) is 5.73 Å². The van der Waals surface area contributed by atoms with Gasteiger partial charge in [0.1, 0.15) is 16.5 Å². The van der Waals surface area contributed by atoms with E-state index in [1.165, 1.54) is 11.3 Å². The summed E-state index contributed by atoms with van der Waals surface area (Å²) in [5, 5.41) is 7.79. The Balaban J connectivity index is 0.00000288.